The fourth-order valence-electron chi connectivity index (χ4n) is 4.09. The predicted molar refractivity (Wildman–Crippen MR) is 111 cm³/mol. The highest BCUT2D eigenvalue weighted by molar-refractivity contribution is 7.96. The molecular formula is C22H30FNO3S. The summed E-state index contributed by atoms with van der Waals surface area (Å²) < 4.78 is 13.8. The third kappa shape index (κ3) is 4.65. The Morgan fingerprint density at radius 2 is 1.96 bits per heavy atom. The summed E-state index contributed by atoms with van der Waals surface area (Å²) in [5.41, 5.74) is 0.0302. The van der Waals surface area contributed by atoms with Crippen LogP contribution in [0.15, 0.2) is 24.3 Å². The van der Waals surface area contributed by atoms with Crippen molar-refractivity contribution in [1.29, 1.82) is 0 Å². The largest absolute Gasteiger partial charge is 0.325 e. The van der Waals surface area contributed by atoms with Crippen LogP contribution in [0.3, 0.4) is 0 Å². The van der Waals surface area contributed by atoms with Crippen LogP contribution in [0.2, 0.25) is 0 Å². The van der Waals surface area contributed by atoms with Gasteiger partial charge in [-0.2, -0.15) is 0 Å². The van der Waals surface area contributed by atoms with Gasteiger partial charge < -0.3 is 4.90 Å². The van der Waals surface area contributed by atoms with Crippen molar-refractivity contribution in [2.75, 3.05) is 6.54 Å². The second-order valence-electron chi connectivity index (χ2n) is 8.22. The van der Waals surface area contributed by atoms with E-state index in [1.165, 1.54) is 17.0 Å². The minimum absolute atomic E-state index is 0.0957. The van der Waals surface area contributed by atoms with Crippen LogP contribution in [0.4, 0.5) is 4.39 Å². The van der Waals surface area contributed by atoms with Crippen LogP contribution in [0.1, 0.15) is 64.9 Å². The van der Waals surface area contributed by atoms with Crippen LogP contribution in [-0.2, 0) is 14.4 Å². The van der Waals surface area contributed by atoms with Crippen LogP contribution in [0.5, 0.6) is 0 Å². The number of halogens is 1. The number of rotatable bonds is 7. The Labute approximate surface area is 172 Å². The number of ketones is 1. The van der Waals surface area contributed by atoms with Gasteiger partial charge in [-0.15, -0.1) is 12.6 Å². The molecule has 1 aliphatic heterocycles. The molecule has 6 heteroatoms. The molecule has 3 atom stereocenters. The smallest absolute Gasteiger partial charge is 0.291 e. The summed E-state index contributed by atoms with van der Waals surface area (Å²) in [6, 6.07) is 5.60. The van der Waals surface area contributed by atoms with Crippen LogP contribution < -0.4 is 0 Å². The van der Waals surface area contributed by atoms with Gasteiger partial charge in [0.05, 0.1) is 0 Å². The normalized spacial score (nSPS) is 21.3. The predicted octanol–water partition coefficient (Wildman–Crippen LogP) is 4.39. The van der Waals surface area contributed by atoms with Gasteiger partial charge in [0, 0.05) is 12.0 Å². The summed E-state index contributed by atoms with van der Waals surface area (Å²) in [5.74, 6) is -1.71. The zero-order chi connectivity index (χ0) is 21.1. The lowest BCUT2D eigenvalue weighted by atomic mass is 9.74. The van der Waals surface area contributed by atoms with E-state index in [-0.39, 0.29) is 17.7 Å². The minimum atomic E-state index is -0.783. The van der Waals surface area contributed by atoms with Crippen molar-refractivity contribution in [2.24, 2.45) is 11.3 Å². The summed E-state index contributed by atoms with van der Waals surface area (Å²) in [7, 11) is 0. The van der Waals surface area contributed by atoms with Gasteiger partial charge in [0.1, 0.15) is 11.9 Å². The molecule has 3 unspecified atom stereocenters. The van der Waals surface area contributed by atoms with Crippen molar-refractivity contribution in [3.05, 3.63) is 35.6 Å². The van der Waals surface area contributed by atoms with Gasteiger partial charge in [-0.1, -0.05) is 39.8 Å². The number of piperidine rings is 1. The third-order valence-electron chi connectivity index (χ3n) is 6.12. The molecule has 1 aromatic rings. The van der Waals surface area contributed by atoms with E-state index in [9.17, 15) is 18.8 Å². The first kappa shape index (κ1) is 22.6. The van der Waals surface area contributed by atoms with Crippen LogP contribution in [0, 0.1) is 17.2 Å². The quantitative estimate of drug-likeness (QED) is 0.539. The molecule has 1 amide bonds. The zero-order valence-corrected chi connectivity index (χ0v) is 18.0. The topological polar surface area (TPSA) is 54.5 Å². The van der Waals surface area contributed by atoms with E-state index in [2.05, 4.69) is 12.6 Å². The average molecular weight is 408 g/mol. The van der Waals surface area contributed by atoms with Crippen molar-refractivity contribution in [3.63, 3.8) is 0 Å². The van der Waals surface area contributed by atoms with Crippen molar-refractivity contribution in [3.8, 4) is 0 Å². The lowest BCUT2D eigenvalue weighted by Gasteiger charge is -2.43. The first-order valence-corrected chi connectivity index (χ1v) is 10.4. The molecule has 0 saturated carbocycles. The molecule has 0 bridgehead atoms. The van der Waals surface area contributed by atoms with E-state index in [4.69, 9.17) is 0 Å². The number of amides is 1. The molecule has 0 spiro atoms. The number of hydrogen-bond donors (Lipinski definition) is 1. The van der Waals surface area contributed by atoms with E-state index in [1.807, 2.05) is 19.9 Å². The number of benzene rings is 1. The first-order chi connectivity index (χ1) is 13.1. The van der Waals surface area contributed by atoms with Gasteiger partial charge in [-0.3, -0.25) is 14.4 Å². The summed E-state index contributed by atoms with van der Waals surface area (Å²) in [4.78, 5) is 39.6. The fourth-order valence-corrected chi connectivity index (χ4v) is 4.43. The molecule has 1 aliphatic rings. The molecule has 4 nitrogen and oxygen atoms in total. The van der Waals surface area contributed by atoms with Gasteiger partial charge in [-0.25, -0.2) is 4.39 Å². The molecule has 1 saturated heterocycles. The molecular weight excluding hydrogens is 377 g/mol. The summed E-state index contributed by atoms with van der Waals surface area (Å²) in [5, 5.41) is -0.421. The Morgan fingerprint density at radius 1 is 1.29 bits per heavy atom. The van der Waals surface area contributed by atoms with Crippen molar-refractivity contribution in [1.82, 2.24) is 4.90 Å². The molecule has 2 rings (SSSR count). The van der Waals surface area contributed by atoms with E-state index < -0.39 is 28.3 Å². The summed E-state index contributed by atoms with van der Waals surface area (Å²) in [6.07, 6.45) is 2.65. The van der Waals surface area contributed by atoms with Gasteiger partial charge in [0.25, 0.3) is 5.91 Å². The van der Waals surface area contributed by atoms with Crippen LogP contribution >= 0.6 is 12.6 Å². The van der Waals surface area contributed by atoms with Crippen molar-refractivity contribution < 1.29 is 18.8 Å². The third-order valence-corrected chi connectivity index (χ3v) is 6.38. The van der Waals surface area contributed by atoms with E-state index in [0.29, 0.717) is 25.8 Å². The lowest BCUT2D eigenvalue weighted by Crippen LogP contribution is -2.56. The maximum atomic E-state index is 13.8. The van der Waals surface area contributed by atoms with E-state index >= 15 is 0 Å². The number of nitrogens with zero attached hydrogens (tertiary/aromatic N) is 1. The first-order valence-electron chi connectivity index (χ1n) is 9.97. The Bertz CT molecular complexity index is 749. The minimum Gasteiger partial charge on any atom is -0.325 e. The second kappa shape index (κ2) is 9.21. The molecule has 0 N–H and O–H groups in total. The van der Waals surface area contributed by atoms with Crippen molar-refractivity contribution in [2.45, 2.75) is 65.3 Å². The molecule has 0 aliphatic carbocycles. The lowest BCUT2D eigenvalue weighted by molar-refractivity contribution is -0.154. The van der Waals surface area contributed by atoms with E-state index in [1.54, 1.807) is 19.9 Å². The van der Waals surface area contributed by atoms with Crippen molar-refractivity contribution >= 4 is 29.4 Å². The highest BCUT2D eigenvalue weighted by Crippen LogP contribution is 2.39. The number of carbonyl (C=O) groups is 3. The number of thiol groups is 1. The molecule has 28 heavy (non-hydrogen) atoms. The molecule has 1 aromatic carbocycles. The second-order valence-corrected chi connectivity index (χ2v) is 8.66. The molecule has 0 aromatic heterocycles. The Morgan fingerprint density at radius 3 is 2.50 bits per heavy atom. The van der Waals surface area contributed by atoms with Gasteiger partial charge in [0.15, 0.2) is 0 Å². The van der Waals surface area contributed by atoms with Crippen LogP contribution in [-0.4, -0.2) is 34.3 Å². The van der Waals surface area contributed by atoms with Crippen LogP contribution in [0.25, 0.3) is 0 Å². The van der Waals surface area contributed by atoms with Gasteiger partial charge in [-0.05, 0) is 55.2 Å². The molecule has 0 radical (unpaired) electrons. The molecule has 154 valence electrons. The fraction of sp³-hybridized carbons (Fsp3) is 0.591. The number of hydrogen-bond acceptors (Lipinski definition) is 3. The highest BCUT2D eigenvalue weighted by atomic mass is 32.1. The maximum absolute atomic E-state index is 13.8. The standard InChI is InChI=1S/C22H30FNO3S/c1-5-16(14-9-7-10-15(23)13-14)17-11-8-12-24(18(17)21(27)28)20(26)19(25)22(3,4)6-2/h7,9-10,13,16-18H,5-6,8,11-12H2,1-4H3,(H,27,28). The maximum Gasteiger partial charge on any atom is 0.291 e. The number of likely N-dealkylation sites (tertiary alicyclic amines) is 1. The highest BCUT2D eigenvalue weighted by Gasteiger charge is 2.45. The Kier molecular flexibility index (Phi) is 7.43. The van der Waals surface area contributed by atoms with E-state index in [0.717, 1.165) is 12.0 Å². The zero-order valence-electron chi connectivity index (χ0n) is 17.1. The molecule has 1 fully saturated rings. The number of carbonyl (C=O) groups excluding carboxylic acids is 3. The summed E-state index contributed by atoms with van der Waals surface area (Å²) in [6.45, 7) is 7.70. The molecule has 1 heterocycles. The van der Waals surface area contributed by atoms with Gasteiger partial charge in [0.2, 0.25) is 10.9 Å². The average Bonchev–Trinajstić information content (AvgIpc) is 2.67. The number of Topliss-reactive ketones (excluding diaryl/α,β-unsaturated/α-hetero) is 1. The summed E-state index contributed by atoms with van der Waals surface area (Å²) >= 11 is 4.07. The Hall–Kier alpha value is -1.69. The van der Waals surface area contributed by atoms with Gasteiger partial charge >= 0.3 is 0 Å². The SMILES string of the molecule is CCC(c1cccc(F)c1)C1CCCN(C(=O)C(=O)C(C)(C)CC)C1C(=O)S. The monoisotopic (exact) mass is 407 g/mol. The Balaban J connectivity index is 2.39.